The van der Waals surface area contributed by atoms with Crippen molar-refractivity contribution in [3.8, 4) is 0 Å². The Hall–Kier alpha value is -1.84. The molecule has 4 nitrogen and oxygen atoms in total. The molecule has 1 aliphatic carbocycles. The number of rotatable bonds is 9. The fourth-order valence-electron chi connectivity index (χ4n) is 4.03. The molecule has 136 valence electrons. The normalized spacial score (nSPS) is 15.6. The van der Waals surface area contributed by atoms with Gasteiger partial charge in [0.25, 0.3) is 0 Å². The fraction of sp³-hybridized carbons (Fsp3) is 0.619. The van der Waals surface area contributed by atoms with E-state index in [1.807, 2.05) is 0 Å². The molecule has 1 fully saturated rings. The zero-order chi connectivity index (χ0) is 17.5. The molecule has 1 aliphatic rings. The van der Waals surface area contributed by atoms with Crippen LogP contribution >= 0.6 is 0 Å². The predicted molar refractivity (Wildman–Crippen MR) is 106 cm³/mol. The second kappa shape index (κ2) is 9.02. The highest BCUT2D eigenvalue weighted by Crippen LogP contribution is 2.36. The van der Waals surface area contributed by atoms with E-state index in [2.05, 4.69) is 34.8 Å². The van der Waals surface area contributed by atoms with Crippen molar-refractivity contribution in [3.63, 3.8) is 0 Å². The first kappa shape index (κ1) is 18.0. The molecule has 0 saturated heterocycles. The summed E-state index contributed by atoms with van der Waals surface area (Å²) in [5.41, 5.74) is 3.62. The van der Waals surface area contributed by atoms with Crippen LogP contribution in [0.5, 0.6) is 0 Å². The maximum atomic E-state index is 7.08. The van der Waals surface area contributed by atoms with Crippen LogP contribution in [0.2, 0.25) is 0 Å². The van der Waals surface area contributed by atoms with Crippen LogP contribution < -0.4 is 5.32 Å². The van der Waals surface area contributed by atoms with Gasteiger partial charge in [-0.3, -0.25) is 4.40 Å². The number of aromatic nitrogens is 2. The Bertz CT molecular complexity index is 683. The van der Waals surface area contributed by atoms with Crippen molar-refractivity contribution in [3.05, 3.63) is 29.6 Å². The summed E-state index contributed by atoms with van der Waals surface area (Å²) in [4.78, 5) is 5.01. The lowest BCUT2D eigenvalue weighted by atomic mass is 9.87. The Morgan fingerprint density at radius 1 is 1.16 bits per heavy atom. The van der Waals surface area contributed by atoms with E-state index < -0.39 is 0 Å². The number of aryl methyl sites for hydroxylation is 1. The van der Waals surface area contributed by atoms with Gasteiger partial charge in [0.15, 0.2) is 0 Å². The van der Waals surface area contributed by atoms with Gasteiger partial charge in [-0.25, -0.2) is 4.98 Å². The van der Waals surface area contributed by atoms with E-state index in [-0.39, 0.29) is 0 Å². The maximum Gasteiger partial charge on any atom is 0.138 e. The SMILES string of the molecule is Cc1cccc2nc(C3CCCCC3)c(NCCCCCCC=N)n12. The van der Waals surface area contributed by atoms with E-state index >= 15 is 0 Å². The minimum absolute atomic E-state index is 0.614. The zero-order valence-corrected chi connectivity index (χ0v) is 15.6. The first-order valence-corrected chi connectivity index (χ1v) is 10.0. The van der Waals surface area contributed by atoms with Gasteiger partial charge in [0.2, 0.25) is 0 Å². The topological polar surface area (TPSA) is 53.2 Å². The quantitative estimate of drug-likeness (QED) is 0.454. The molecule has 0 aromatic carbocycles. The minimum atomic E-state index is 0.614. The smallest absolute Gasteiger partial charge is 0.138 e. The number of imidazole rings is 1. The molecule has 2 aromatic heterocycles. The third kappa shape index (κ3) is 4.42. The Balaban J connectivity index is 1.71. The number of fused-ring (bicyclic) bond motifs is 1. The molecule has 1 saturated carbocycles. The van der Waals surface area contributed by atoms with Crippen LogP contribution in [0.4, 0.5) is 5.82 Å². The van der Waals surface area contributed by atoms with Crippen LogP contribution in [-0.4, -0.2) is 22.1 Å². The standard InChI is InChI=1S/C21H32N4/c1-17-11-10-14-19-24-20(18-12-6-5-7-13-18)21(25(17)19)23-16-9-4-2-3-8-15-22/h10-11,14-15,18,22-23H,2-9,12-13,16H2,1H3. The molecular formula is C21H32N4. The highest BCUT2D eigenvalue weighted by Gasteiger charge is 2.23. The van der Waals surface area contributed by atoms with E-state index in [1.165, 1.54) is 74.8 Å². The van der Waals surface area contributed by atoms with E-state index in [1.54, 1.807) is 0 Å². The van der Waals surface area contributed by atoms with Crippen LogP contribution in [-0.2, 0) is 0 Å². The summed E-state index contributed by atoms with van der Waals surface area (Å²) in [6.45, 7) is 3.17. The molecular weight excluding hydrogens is 308 g/mol. The summed E-state index contributed by atoms with van der Waals surface area (Å²) < 4.78 is 2.30. The Labute approximate surface area is 151 Å². The molecule has 0 amide bonds. The van der Waals surface area contributed by atoms with Gasteiger partial charge in [-0.05, 0) is 57.4 Å². The molecule has 0 atom stereocenters. The van der Waals surface area contributed by atoms with Gasteiger partial charge in [-0.15, -0.1) is 0 Å². The average Bonchev–Trinajstić information content (AvgIpc) is 3.02. The second-order valence-corrected chi connectivity index (χ2v) is 7.38. The van der Waals surface area contributed by atoms with Crippen molar-refractivity contribution in [2.75, 3.05) is 11.9 Å². The van der Waals surface area contributed by atoms with Crippen LogP contribution in [0, 0.1) is 12.3 Å². The average molecular weight is 341 g/mol. The molecule has 0 radical (unpaired) electrons. The first-order valence-electron chi connectivity index (χ1n) is 10.0. The predicted octanol–water partition coefficient (Wildman–Crippen LogP) is 5.70. The number of anilines is 1. The molecule has 25 heavy (non-hydrogen) atoms. The summed E-state index contributed by atoms with van der Waals surface area (Å²) in [5.74, 6) is 1.85. The molecule has 3 rings (SSSR count). The number of nitrogens with zero attached hydrogens (tertiary/aromatic N) is 2. The Morgan fingerprint density at radius 3 is 2.76 bits per heavy atom. The molecule has 0 unspecified atom stereocenters. The largest absolute Gasteiger partial charge is 0.370 e. The molecule has 4 heteroatoms. The lowest BCUT2D eigenvalue weighted by Gasteiger charge is -2.21. The first-order chi connectivity index (χ1) is 12.3. The number of hydrogen-bond acceptors (Lipinski definition) is 3. The van der Waals surface area contributed by atoms with E-state index in [0.717, 1.165) is 25.0 Å². The molecule has 0 aliphatic heterocycles. The van der Waals surface area contributed by atoms with E-state index in [9.17, 15) is 0 Å². The van der Waals surface area contributed by atoms with Gasteiger partial charge in [0.1, 0.15) is 11.5 Å². The third-order valence-corrected chi connectivity index (χ3v) is 5.43. The summed E-state index contributed by atoms with van der Waals surface area (Å²) in [6, 6.07) is 6.40. The lowest BCUT2D eigenvalue weighted by molar-refractivity contribution is 0.438. The highest BCUT2D eigenvalue weighted by molar-refractivity contribution is 5.57. The Morgan fingerprint density at radius 2 is 1.96 bits per heavy atom. The van der Waals surface area contributed by atoms with Crippen molar-refractivity contribution in [2.24, 2.45) is 0 Å². The second-order valence-electron chi connectivity index (χ2n) is 7.38. The van der Waals surface area contributed by atoms with Gasteiger partial charge in [0, 0.05) is 18.2 Å². The molecule has 0 spiro atoms. The zero-order valence-electron chi connectivity index (χ0n) is 15.6. The summed E-state index contributed by atoms with van der Waals surface area (Å²) >= 11 is 0. The summed E-state index contributed by atoms with van der Waals surface area (Å²) in [7, 11) is 0. The van der Waals surface area contributed by atoms with Gasteiger partial charge in [0.05, 0.1) is 5.69 Å². The number of nitrogens with one attached hydrogen (secondary N) is 2. The van der Waals surface area contributed by atoms with E-state index in [4.69, 9.17) is 10.4 Å². The Kier molecular flexibility index (Phi) is 6.48. The lowest BCUT2D eigenvalue weighted by Crippen LogP contribution is -2.11. The van der Waals surface area contributed by atoms with E-state index in [0.29, 0.717) is 5.92 Å². The van der Waals surface area contributed by atoms with Crippen molar-refractivity contribution in [2.45, 2.75) is 77.0 Å². The molecule has 2 N–H and O–H groups in total. The maximum absolute atomic E-state index is 7.08. The number of pyridine rings is 1. The monoisotopic (exact) mass is 340 g/mol. The van der Waals surface area contributed by atoms with Crippen LogP contribution in [0.1, 0.15) is 81.5 Å². The summed E-state index contributed by atoms with van der Waals surface area (Å²) in [6.07, 6.45) is 13.8. The van der Waals surface area contributed by atoms with Gasteiger partial charge < -0.3 is 10.7 Å². The molecule has 0 bridgehead atoms. The summed E-state index contributed by atoms with van der Waals surface area (Å²) in [5, 5.41) is 10.8. The van der Waals surface area contributed by atoms with Crippen molar-refractivity contribution in [1.29, 1.82) is 5.41 Å². The van der Waals surface area contributed by atoms with Gasteiger partial charge >= 0.3 is 0 Å². The van der Waals surface area contributed by atoms with Crippen LogP contribution in [0.3, 0.4) is 0 Å². The van der Waals surface area contributed by atoms with Crippen LogP contribution in [0.25, 0.3) is 5.65 Å². The number of unbranched alkanes of at least 4 members (excludes halogenated alkanes) is 4. The van der Waals surface area contributed by atoms with Crippen molar-refractivity contribution < 1.29 is 0 Å². The van der Waals surface area contributed by atoms with Crippen molar-refractivity contribution in [1.82, 2.24) is 9.38 Å². The third-order valence-electron chi connectivity index (χ3n) is 5.43. The fourth-order valence-corrected chi connectivity index (χ4v) is 4.03. The number of hydrogen-bond donors (Lipinski definition) is 2. The van der Waals surface area contributed by atoms with Gasteiger partial charge in [-0.2, -0.15) is 0 Å². The van der Waals surface area contributed by atoms with Crippen LogP contribution in [0.15, 0.2) is 18.2 Å². The minimum Gasteiger partial charge on any atom is -0.370 e. The van der Waals surface area contributed by atoms with Crippen molar-refractivity contribution >= 4 is 17.7 Å². The van der Waals surface area contributed by atoms with Gasteiger partial charge in [-0.1, -0.05) is 38.2 Å². The highest BCUT2D eigenvalue weighted by atomic mass is 15.1. The molecule has 2 heterocycles. The molecule has 2 aromatic rings.